The Morgan fingerprint density at radius 1 is 0.936 bits per heavy atom. The molecule has 1 aliphatic carbocycles. The van der Waals surface area contributed by atoms with E-state index in [4.69, 9.17) is 9.47 Å². The second-order valence-corrected chi connectivity index (χ2v) is 14.2. The Bertz CT molecular complexity index is 1400. The topological polar surface area (TPSA) is 111 Å². The van der Waals surface area contributed by atoms with Crippen molar-refractivity contribution in [1.29, 1.82) is 0 Å². The molecule has 1 unspecified atom stereocenters. The number of hydrogen-bond acceptors (Lipinski definition) is 7. The SMILES string of the molecule is OCc1cc([C@@H](O)CNCc2ccc(OCCC[N+]34CCC(CC3)[C@@H](OCC(O)(c3ccccc3)C3CCCC3)C4)cc2)ccc1O. The van der Waals surface area contributed by atoms with Crippen molar-refractivity contribution in [2.24, 2.45) is 11.8 Å². The third kappa shape index (κ3) is 8.19. The van der Waals surface area contributed by atoms with Crippen molar-refractivity contribution in [1.82, 2.24) is 5.32 Å². The number of hydrogen-bond donors (Lipinski definition) is 5. The van der Waals surface area contributed by atoms with Crippen LogP contribution in [0.1, 0.15) is 73.3 Å². The van der Waals surface area contributed by atoms with Crippen LogP contribution < -0.4 is 10.1 Å². The van der Waals surface area contributed by atoms with Crippen LogP contribution in [-0.2, 0) is 23.5 Å². The molecule has 0 aromatic heterocycles. The molecule has 3 aliphatic heterocycles. The van der Waals surface area contributed by atoms with E-state index < -0.39 is 11.7 Å². The van der Waals surface area contributed by atoms with E-state index in [1.54, 1.807) is 12.1 Å². The van der Waals surface area contributed by atoms with Crippen LogP contribution in [0.15, 0.2) is 72.8 Å². The highest BCUT2D eigenvalue weighted by Crippen LogP contribution is 2.42. The molecule has 47 heavy (non-hydrogen) atoms. The minimum absolute atomic E-state index is 0.0283. The molecule has 3 atom stereocenters. The van der Waals surface area contributed by atoms with Crippen molar-refractivity contribution >= 4 is 0 Å². The molecule has 5 N–H and O–H groups in total. The summed E-state index contributed by atoms with van der Waals surface area (Å²) < 4.78 is 13.9. The number of nitrogens with zero attached hydrogens (tertiary/aromatic N) is 1. The summed E-state index contributed by atoms with van der Waals surface area (Å²) in [7, 11) is 0. The molecule has 1 saturated carbocycles. The molecular weight excluding hydrogens is 592 g/mol. The number of aliphatic hydroxyl groups excluding tert-OH is 2. The molecule has 3 saturated heterocycles. The molecule has 3 aromatic rings. The van der Waals surface area contributed by atoms with Gasteiger partial charge in [-0.1, -0.05) is 61.4 Å². The molecule has 8 nitrogen and oxygen atoms in total. The van der Waals surface area contributed by atoms with Crippen molar-refractivity contribution in [3.05, 3.63) is 95.1 Å². The van der Waals surface area contributed by atoms with Gasteiger partial charge in [-0.2, -0.15) is 0 Å². The van der Waals surface area contributed by atoms with Crippen LogP contribution in [0.5, 0.6) is 11.5 Å². The number of benzene rings is 3. The molecule has 0 spiro atoms. The maximum atomic E-state index is 12.0. The van der Waals surface area contributed by atoms with Gasteiger partial charge in [-0.25, -0.2) is 0 Å². The molecule has 8 heteroatoms. The maximum absolute atomic E-state index is 12.0. The maximum Gasteiger partial charge on any atom is 0.121 e. The third-order valence-corrected chi connectivity index (χ3v) is 11.2. The van der Waals surface area contributed by atoms with E-state index >= 15 is 0 Å². The lowest BCUT2D eigenvalue weighted by Gasteiger charge is -2.53. The van der Waals surface area contributed by atoms with Crippen molar-refractivity contribution < 1.29 is 34.4 Å². The van der Waals surface area contributed by atoms with E-state index in [1.165, 1.54) is 44.8 Å². The summed E-state index contributed by atoms with van der Waals surface area (Å²) in [5, 5.41) is 44.9. The van der Waals surface area contributed by atoms with E-state index in [-0.39, 0.29) is 24.4 Å². The first-order chi connectivity index (χ1) is 22.9. The van der Waals surface area contributed by atoms with Crippen molar-refractivity contribution in [2.45, 2.75) is 75.9 Å². The molecule has 3 heterocycles. The Kier molecular flexibility index (Phi) is 11.2. The number of ether oxygens (including phenoxy) is 2. The number of quaternary nitrogens is 1. The summed E-state index contributed by atoms with van der Waals surface area (Å²) in [6.45, 7) is 6.30. The lowest BCUT2D eigenvalue weighted by Crippen LogP contribution is -2.65. The van der Waals surface area contributed by atoms with Crippen LogP contribution in [0.25, 0.3) is 0 Å². The van der Waals surface area contributed by atoms with E-state index in [1.807, 2.05) is 42.5 Å². The van der Waals surface area contributed by atoms with Gasteiger partial charge in [-0.3, -0.25) is 0 Å². The fraction of sp³-hybridized carbons (Fsp3) is 0.538. The first-order valence-corrected chi connectivity index (χ1v) is 17.7. The smallest absolute Gasteiger partial charge is 0.121 e. The number of nitrogens with one attached hydrogen (secondary N) is 1. The summed E-state index contributed by atoms with van der Waals surface area (Å²) >= 11 is 0. The standard InChI is InChI=1S/C39H52N2O6/c42-27-32-23-31(13-16-36(32)43)37(44)25-40-24-29-11-14-35(15-12-29)46-22-6-19-41-20-17-30(18-21-41)38(26-41)47-28-39(45,34-9-4-5-10-34)33-7-2-1-3-8-33/h1-3,7-8,11-16,23,30,34,37-38,40,42,44-45H,4-6,9-10,17-22,24-28H2/p+1/t30?,37-,38-,39?,41?/m0/s1. The Hall–Kier alpha value is -2.98. The molecule has 7 rings (SSSR count). The van der Waals surface area contributed by atoms with Crippen molar-refractivity contribution in [3.63, 3.8) is 0 Å². The largest absolute Gasteiger partial charge is 0.508 e. The lowest BCUT2D eigenvalue weighted by atomic mass is 9.80. The van der Waals surface area contributed by atoms with Crippen LogP contribution in [0.3, 0.4) is 0 Å². The lowest BCUT2D eigenvalue weighted by molar-refractivity contribution is -0.946. The zero-order chi connectivity index (χ0) is 32.7. The summed E-state index contributed by atoms with van der Waals surface area (Å²) in [6.07, 6.45) is 7.38. The van der Waals surface area contributed by atoms with Crippen LogP contribution >= 0.6 is 0 Å². The minimum atomic E-state index is -0.908. The summed E-state index contributed by atoms with van der Waals surface area (Å²) in [5.41, 5.74) is 2.25. The number of phenols is 1. The third-order valence-electron chi connectivity index (χ3n) is 11.2. The monoisotopic (exact) mass is 645 g/mol. The fourth-order valence-corrected chi connectivity index (χ4v) is 8.23. The van der Waals surface area contributed by atoms with Crippen molar-refractivity contribution in [3.8, 4) is 11.5 Å². The normalized spacial score (nSPS) is 24.7. The number of rotatable bonds is 16. The van der Waals surface area contributed by atoms with E-state index in [9.17, 15) is 20.4 Å². The summed E-state index contributed by atoms with van der Waals surface area (Å²) in [4.78, 5) is 0. The van der Waals surface area contributed by atoms with Crippen LogP contribution in [0.4, 0.5) is 0 Å². The highest BCUT2D eigenvalue weighted by molar-refractivity contribution is 5.36. The predicted molar refractivity (Wildman–Crippen MR) is 182 cm³/mol. The van der Waals surface area contributed by atoms with Crippen LogP contribution in [0.2, 0.25) is 0 Å². The average Bonchev–Trinajstić information content (AvgIpc) is 3.67. The number of fused-ring (bicyclic) bond motifs is 3. The van der Waals surface area contributed by atoms with E-state index in [0.717, 1.165) is 53.7 Å². The van der Waals surface area contributed by atoms with Crippen LogP contribution in [-0.4, -0.2) is 77.0 Å². The average molecular weight is 646 g/mol. The Morgan fingerprint density at radius 3 is 2.40 bits per heavy atom. The van der Waals surface area contributed by atoms with Gasteiger partial charge in [0.15, 0.2) is 0 Å². The second kappa shape index (κ2) is 15.5. The molecule has 0 amide bonds. The van der Waals surface area contributed by atoms with Crippen molar-refractivity contribution in [2.75, 3.05) is 45.9 Å². The number of aliphatic hydroxyl groups is 3. The van der Waals surface area contributed by atoms with Gasteiger partial charge in [0.05, 0.1) is 45.6 Å². The van der Waals surface area contributed by atoms with Gasteiger partial charge in [0.25, 0.3) is 0 Å². The second-order valence-electron chi connectivity index (χ2n) is 14.2. The molecule has 2 bridgehead atoms. The highest BCUT2D eigenvalue weighted by Gasteiger charge is 2.48. The molecule has 3 aromatic carbocycles. The van der Waals surface area contributed by atoms with Gasteiger partial charge in [0.2, 0.25) is 0 Å². The fourth-order valence-electron chi connectivity index (χ4n) is 8.23. The van der Waals surface area contributed by atoms with Gasteiger partial charge in [0, 0.05) is 43.8 Å². The minimum Gasteiger partial charge on any atom is -0.508 e. The highest BCUT2D eigenvalue weighted by atomic mass is 16.5. The van der Waals surface area contributed by atoms with E-state index in [2.05, 4.69) is 17.4 Å². The van der Waals surface area contributed by atoms with Crippen LogP contribution in [0, 0.1) is 11.8 Å². The van der Waals surface area contributed by atoms with Gasteiger partial charge >= 0.3 is 0 Å². The zero-order valence-corrected chi connectivity index (χ0v) is 27.6. The Labute approximate surface area is 279 Å². The number of aromatic hydroxyl groups is 1. The molecule has 4 fully saturated rings. The zero-order valence-electron chi connectivity index (χ0n) is 27.6. The predicted octanol–water partition coefficient (Wildman–Crippen LogP) is 5.18. The molecule has 254 valence electrons. The quantitative estimate of drug-likeness (QED) is 0.108. The first kappa shape index (κ1) is 33.9. The van der Waals surface area contributed by atoms with Gasteiger partial charge in [0.1, 0.15) is 29.7 Å². The summed E-state index contributed by atoms with van der Waals surface area (Å²) in [5.74, 6) is 1.75. The first-order valence-electron chi connectivity index (χ1n) is 17.7. The van der Waals surface area contributed by atoms with Gasteiger partial charge in [-0.05, 0) is 59.7 Å². The Morgan fingerprint density at radius 2 is 1.68 bits per heavy atom. The van der Waals surface area contributed by atoms with Gasteiger partial charge < -0.3 is 39.7 Å². The molecule has 4 aliphatic rings. The molecular formula is C39H53N2O6+. The summed E-state index contributed by atoms with van der Waals surface area (Å²) in [6, 6.07) is 23.1. The van der Waals surface area contributed by atoms with E-state index in [0.29, 0.717) is 43.3 Å². The number of piperidine rings is 3. The molecule has 0 radical (unpaired) electrons. The van der Waals surface area contributed by atoms with Gasteiger partial charge in [-0.15, -0.1) is 0 Å². The Balaban J connectivity index is 0.935.